The molecule has 0 amide bonds. The SMILES string of the molecule is NC(COc1ccccc1)Cc1cc(Cl)cc2c1OCC2. The van der Waals surface area contributed by atoms with E-state index in [0.29, 0.717) is 13.0 Å². The number of fused-ring (bicyclic) bond motifs is 1. The van der Waals surface area contributed by atoms with Gasteiger partial charge < -0.3 is 15.2 Å². The Morgan fingerprint density at radius 3 is 2.86 bits per heavy atom. The maximum Gasteiger partial charge on any atom is 0.125 e. The molecule has 0 fully saturated rings. The molecule has 0 aromatic heterocycles. The highest BCUT2D eigenvalue weighted by Crippen LogP contribution is 2.33. The van der Waals surface area contributed by atoms with E-state index in [9.17, 15) is 0 Å². The van der Waals surface area contributed by atoms with E-state index < -0.39 is 0 Å². The van der Waals surface area contributed by atoms with Gasteiger partial charge in [-0.1, -0.05) is 29.8 Å². The Balaban J connectivity index is 1.64. The number of hydrogen-bond donors (Lipinski definition) is 1. The topological polar surface area (TPSA) is 44.5 Å². The third-order valence-corrected chi connectivity index (χ3v) is 3.73. The van der Waals surface area contributed by atoms with Crippen LogP contribution in [0.25, 0.3) is 0 Å². The van der Waals surface area contributed by atoms with Crippen LogP contribution in [0.1, 0.15) is 11.1 Å². The van der Waals surface area contributed by atoms with Gasteiger partial charge in [0.1, 0.15) is 18.1 Å². The van der Waals surface area contributed by atoms with Crippen LogP contribution in [-0.4, -0.2) is 19.3 Å². The first-order valence-corrected chi connectivity index (χ1v) is 7.47. The minimum absolute atomic E-state index is 0.100. The highest BCUT2D eigenvalue weighted by Gasteiger charge is 2.19. The van der Waals surface area contributed by atoms with Crippen LogP contribution in [0, 0.1) is 0 Å². The molecule has 21 heavy (non-hydrogen) atoms. The molecule has 3 nitrogen and oxygen atoms in total. The summed E-state index contributed by atoms with van der Waals surface area (Å²) in [6.45, 7) is 1.18. The lowest BCUT2D eigenvalue weighted by Crippen LogP contribution is -2.30. The molecule has 2 aromatic rings. The Hall–Kier alpha value is -1.71. The quantitative estimate of drug-likeness (QED) is 0.922. The van der Waals surface area contributed by atoms with E-state index in [1.165, 1.54) is 5.56 Å². The minimum Gasteiger partial charge on any atom is -0.493 e. The van der Waals surface area contributed by atoms with Gasteiger partial charge in [-0.3, -0.25) is 0 Å². The van der Waals surface area contributed by atoms with Gasteiger partial charge in [0.2, 0.25) is 0 Å². The van der Waals surface area contributed by atoms with Gasteiger partial charge in [0.05, 0.1) is 6.61 Å². The average molecular weight is 304 g/mol. The van der Waals surface area contributed by atoms with Crippen LogP contribution in [-0.2, 0) is 12.8 Å². The Morgan fingerprint density at radius 2 is 2.05 bits per heavy atom. The minimum atomic E-state index is -0.100. The van der Waals surface area contributed by atoms with Crippen LogP contribution < -0.4 is 15.2 Å². The number of benzene rings is 2. The molecule has 0 saturated carbocycles. The van der Waals surface area contributed by atoms with Crippen LogP contribution in [0.3, 0.4) is 0 Å². The normalized spacial score (nSPS) is 14.4. The standard InChI is InChI=1S/C17H18ClNO2/c18-14-8-12-6-7-20-17(12)13(9-14)10-15(19)11-21-16-4-2-1-3-5-16/h1-5,8-9,15H,6-7,10-11,19H2. The highest BCUT2D eigenvalue weighted by molar-refractivity contribution is 6.30. The molecule has 4 heteroatoms. The number of ether oxygens (including phenoxy) is 2. The van der Waals surface area contributed by atoms with E-state index in [0.717, 1.165) is 35.1 Å². The molecule has 0 spiro atoms. The summed E-state index contributed by atoms with van der Waals surface area (Å²) in [5.74, 6) is 1.79. The summed E-state index contributed by atoms with van der Waals surface area (Å²) in [6.07, 6.45) is 1.61. The predicted molar refractivity (Wildman–Crippen MR) is 84.3 cm³/mol. The molecule has 1 aliphatic rings. The molecule has 0 radical (unpaired) electrons. The van der Waals surface area contributed by atoms with Crippen LogP contribution >= 0.6 is 11.6 Å². The van der Waals surface area contributed by atoms with Crippen molar-refractivity contribution in [2.45, 2.75) is 18.9 Å². The van der Waals surface area contributed by atoms with Crippen molar-refractivity contribution in [3.8, 4) is 11.5 Å². The zero-order valence-corrected chi connectivity index (χ0v) is 12.5. The van der Waals surface area contributed by atoms with Gasteiger partial charge in [-0.25, -0.2) is 0 Å². The molecule has 0 bridgehead atoms. The molecule has 1 atom stereocenters. The van der Waals surface area contributed by atoms with Crippen LogP contribution in [0.15, 0.2) is 42.5 Å². The summed E-state index contributed by atoms with van der Waals surface area (Å²) in [6, 6.07) is 13.5. The lowest BCUT2D eigenvalue weighted by molar-refractivity contribution is 0.286. The van der Waals surface area contributed by atoms with Gasteiger partial charge in [0, 0.05) is 17.5 Å². The van der Waals surface area contributed by atoms with Crippen LogP contribution in [0.2, 0.25) is 5.02 Å². The van der Waals surface area contributed by atoms with Crippen molar-refractivity contribution < 1.29 is 9.47 Å². The van der Waals surface area contributed by atoms with Crippen LogP contribution in [0.5, 0.6) is 11.5 Å². The fourth-order valence-electron chi connectivity index (χ4n) is 2.56. The smallest absolute Gasteiger partial charge is 0.125 e. The van der Waals surface area contributed by atoms with E-state index in [1.807, 2.05) is 42.5 Å². The van der Waals surface area contributed by atoms with Gasteiger partial charge in [0.25, 0.3) is 0 Å². The maximum atomic E-state index is 6.17. The number of halogens is 1. The third kappa shape index (κ3) is 3.49. The second-order valence-electron chi connectivity index (χ2n) is 5.24. The molecular formula is C17H18ClNO2. The molecule has 2 N–H and O–H groups in total. The molecule has 110 valence electrons. The maximum absolute atomic E-state index is 6.17. The second-order valence-corrected chi connectivity index (χ2v) is 5.68. The van der Waals surface area contributed by atoms with Crippen molar-refractivity contribution in [1.82, 2.24) is 0 Å². The van der Waals surface area contributed by atoms with E-state index in [1.54, 1.807) is 0 Å². The van der Waals surface area contributed by atoms with Crippen molar-refractivity contribution in [2.75, 3.05) is 13.2 Å². The van der Waals surface area contributed by atoms with E-state index >= 15 is 0 Å². The fraction of sp³-hybridized carbons (Fsp3) is 0.294. The zero-order valence-electron chi connectivity index (χ0n) is 11.7. The fourth-order valence-corrected chi connectivity index (χ4v) is 2.82. The molecule has 3 rings (SSSR count). The van der Waals surface area contributed by atoms with Crippen molar-refractivity contribution in [3.63, 3.8) is 0 Å². The summed E-state index contributed by atoms with van der Waals surface area (Å²) in [5.41, 5.74) is 8.42. The summed E-state index contributed by atoms with van der Waals surface area (Å²) in [7, 11) is 0. The molecule has 0 saturated heterocycles. The third-order valence-electron chi connectivity index (χ3n) is 3.51. The number of para-hydroxylation sites is 1. The predicted octanol–water partition coefficient (Wildman–Crippen LogP) is 3.22. The van der Waals surface area contributed by atoms with Gasteiger partial charge in [-0.05, 0) is 41.8 Å². The molecule has 1 aliphatic heterocycles. The molecule has 2 aromatic carbocycles. The Morgan fingerprint density at radius 1 is 1.24 bits per heavy atom. The monoisotopic (exact) mass is 303 g/mol. The Bertz CT molecular complexity index is 616. The summed E-state index contributed by atoms with van der Waals surface area (Å²) in [4.78, 5) is 0. The summed E-state index contributed by atoms with van der Waals surface area (Å²) in [5, 5.41) is 0.741. The van der Waals surface area contributed by atoms with Gasteiger partial charge >= 0.3 is 0 Å². The second kappa shape index (κ2) is 6.37. The summed E-state index contributed by atoms with van der Waals surface area (Å²) < 4.78 is 11.4. The Kier molecular flexibility index (Phi) is 4.32. The first-order valence-electron chi connectivity index (χ1n) is 7.10. The van der Waals surface area contributed by atoms with Crippen LogP contribution in [0.4, 0.5) is 0 Å². The molecular weight excluding hydrogens is 286 g/mol. The largest absolute Gasteiger partial charge is 0.493 e. The Labute approximate surface area is 129 Å². The molecule has 1 heterocycles. The van der Waals surface area contributed by atoms with E-state index in [2.05, 4.69) is 0 Å². The van der Waals surface area contributed by atoms with Gasteiger partial charge in [-0.2, -0.15) is 0 Å². The number of nitrogens with two attached hydrogens (primary N) is 1. The zero-order chi connectivity index (χ0) is 14.7. The lowest BCUT2D eigenvalue weighted by atomic mass is 10.0. The first kappa shape index (κ1) is 14.2. The molecule has 0 aliphatic carbocycles. The first-order chi connectivity index (χ1) is 10.2. The lowest BCUT2D eigenvalue weighted by Gasteiger charge is -2.15. The van der Waals surface area contributed by atoms with Gasteiger partial charge in [0.15, 0.2) is 0 Å². The summed E-state index contributed by atoms with van der Waals surface area (Å²) >= 11 is 6.16. The number of rotatable bonds is 5. The van der Waals surface area contributed by atoms with E-state index in [4.69, 9.17) is 26.8 Å². The van der Waals surface area contributed by atoms with E-state index in [-0.39, 0.29) is 6.04 Å². The number of hydrogen-bond acceptors (Lipinski definition) is 3. The van der Waals surface area contributed by atoms with Crippen molar-refractivity contribution in [1.29, 1.82) is 0 Å². The van der Waals surface area contributed by atoms with Crippen molar-refractivity contribution in [3.05, 3.63) is 58.6 Å². The molecule has 1 unspecified atom stereocenters. The highest BCUT2D eigenvalue weighted by atomic mass is 35.5. The van der Waals surface area contributed by atoms with Gasteiger partial charge in [-0.15, -0.1) is 0 Å². The van der Waals surface area contributed by atoms with Crippen molar-refractivity contribution in [2.24, 2.45) is 5.73 Å². The average Bonchev–Trinajstić information content (AvgIpc) is 2.94. The van der Waals surface area contributed by atoms with Crippen molar-refractivity contribution >= 4 is 11.6 Å².